The molecule has 166 valence electrons. The van der Waals surface area contributed by atoms with Crippen LogP contribution in [0.25, 0.3) is 11.3 Å². The lowest BCUT2D eigenvalue weighted by Crippen LogP contribution is -2.49. The van der Waals surface area contributed by atoms with E-state index in [0.717, 1.165) is 45.0 Å². The normalized spacial score (nSPS) is 28.8. The average molecular weight is 435 g/mol. The Kier molecular flexibility index (Phi) is 4.27. The summed E-state index contributed by atoms with van der Waals surface area (Å²) < 4.78 is 49.8. The summed E-state index contributed by atoms with van der Waals surface area (Å²) in [6.45, 7) is 3.82. The van der Waals surface area contributed by atoms with E-state index in [1.54, 1.807) is 0 Å². The van der Waals surface area contributed by atoms with Crippen LogP contribution in [0.5, 0.6) is 5.75 Å². The molecule has 2 aliphatic heterocycles. The third kappa shape index (κ3) is 3.36. The smallest absolute Gasteiger partial charge is 0.402 e. The van der Waals surface area contributed by atoms with Gasteiger partial charge in [0.25, 0.3) is 0 Å². The first-order valence-corrected chi connectivity index (χ1v) is 10.8. The highest BCUT2D eigenvalue weighted by atomic mass is 19.4. The molecule has 2 saturated carbocycles. The van der Waals surface area contributed by atoms with E-state index in [2.05, 4.69) is 19.2 Å². The molecular formula is C21H24F3N5O2. The summed E-state index contributed by atoms with van der Waals surface area (Å²) >= 11 is 0. The molecule has 2 aliphatic carbocycles. The minimum atomic E-state index is -4.83. The number of halogens is 3. The lowest BCUT2D eigenvalue weighted by atomic mass is 9.85. The van der Waals surface area contributed by atoms with Gasteiger partial charge in [0.1, 0.15) is 5.82 Å². The van der Waals surface area contributed by atoms with E-state index in [0.29, 0.717) is 41.1 Å². The van der Waals surface area contributed by atoms with E-state index >= 15 is 0 Å². The lowest BCUT2D eigenvalue weighted by molar-refractivity contribution is -0.274. The second-order valence-corrected chi connectivity index (χ2v) is 9.14. The Morgan fingerprint density at radius 1 is 1.16 bits per heavy atom. The van der Waals surface area contributed by atoms with Crippen LogP contribution in [0.3, 0.4) is 0 Å². The molecule has 4 heterocycles. The third-order valence-electron chi connectivity index (χ3n) is 7.27. The number of alkyl halides is 3. The van der Waals surface area contributed by atoms with Gasteiger partial charge in [-0.3, -0.25) is 4.90 Å². The van der Waals surface area contributed by atoms with Crippen LogP contribution in [0.2, 0.25) is 0 Å². The van der Waals surface area contributed by atoms with Gasteiger partial charge in [0, 0.05) is 43.0 Å². The van der Waals surface area contributed by atoms with E-state index in [1.807, 2.05) is 6.20 Å². The molecule has 6 rings (SSSR count). The standard InChI is InChI=1S/C21H24F3N5O2/c22-21(23,24)31-17-4-12(5-26-19(17)25)16-8-29(20(27-16)11-2-1-3-11)18-14-6-28(7-15(14)18)13-9-30-10-13/h4-5,8,11,13-15,18H,1-3,6-7,9-10H2,(H2,25,26)/t14-,15+,18?. The van der Waals surface area contributed by atoms with E-state index in [4.69, 9.17) is 15.5 Å². The Morgan fingerprint density at radius 3 is 2.48 bits per heavy atom. The summed E-state index contributed by atoms with van der Waals surface area (Å²) in [7, 11) is 0. The van der Waals surface area contributed by atoms with Gasteiger partial charge >= 0.3 is 6.36 Å². The number of rotatable bonds is 5. The maximum absolute atomic E-state index is 12.7. The summed E-state index contributed by atoms with van der Waals surface area (Å²) in [6, 6.07) is 2.26. The van der Waals surface area contributed by atoms with Crippen LogP contribution < -0.4 is 10.5 Å². The van der Waals surface area contributed by atoms with Gasteiger partial charge in [-0.25, -0.2) is 9.97 Å². The van der Waals surface area contributed by atoms with Crippen molar-refractivity contribution < 1.29 is 22.6 Å². The van der Waals surface area contributed by atoms with Crippen molar-refractivity contribution in [2.24, 2.45) is 11.8 Å². The Labute approximate surface area is 177 Å². The monoisotopic (exact) mass is 435 g/mol. The van der Waals surface area contributed by atoms with Gasteiger partial charge in [0.05, 0.1) is 24.9 Å². The molecule has 2 aromatic rings. The zero-order valence-corrected chi connectivity index (χ0v) is 16.9. The van der Waals surface area contributed by atoms with Gasteiger partial charge in [-0.05, 0) is 30.7 Å². The van der Waals surface area contributed by atoms with Gasteiger partial charge in [-0.1, -0.05) is 6.42 Å². The summed E-state index contributed by atoms with van der Waals surface area (Å²) in [5.41, 5.74) is 6.69. The van der Waals surface area contributed by atoms with Gasteiger partial charge in [-0.2, -0.15) is 0 Å². The van der Waals surface area contributed by atoms with Crippen molar-refractivity contribution in [3.8, 4) is 17.0 Å². The molecule has 3 atom stereocenters. The lowest BCUT2D eigenvalue weighted by Gasteiger charge is -2.36. The average Bonchev–Trinajstić information content (AvgIpc) is 2.96. The van der Waals surface area contributed by atoms with Gasteiger partial charge in [0.2, 0.25) is 0 Å². The first kappa shape index (κ1) is 19.4. The molecule has 2 N–H and O–H groups in total. The molecule has 0 bridgehead atoms. The highest BCUT2D eigenvalue weighted by molar-refractivity contribution is 5.64. The zero-order chi connectivity index (χ0) is 21.3. The first-order valence-electron chi connectivity index (χ1n) is 10.8. The number of nitrogens with two attached hydrogens (primary N) is 1. The molecule has 4 fully saturated rings. The molecule has 2 aromatic heterocycles. The van der Waals surface area contributed by atoms with Gasteiger partial charge < -0.3 is 19.8 Å². The van der Waals surface area contributed by atoms with E-state index in [9.17, 15) is 13.2 Å². The summed E-state index contributed by atoms with van der Waals surface area (Å²) in [4.78, 5) is 11.3. The molecule has 2 saturated heterocycles. The van der Waals surface area contributed by atoms with Crippen molar-refractivity contribution in [3.63, 3.8) is 0 Å². The minimum absolute atomic E-state index is 0.295. The number of likely N-dealkylation sites (tertiary alicyclic amines) is 1. The number of piperidine rings is 1. The number of pyridine rings is 1. The Balaban J connectivity index is 1.28. The van der Waals surface area contributed by atoms with E-state index < -0.39 is 12.1 Å². The second kappa shape index (κ2) is 6.83. The van der Waals surface area contributed by atoms with Crippen molar-refractivity contribution in [1.82, 2.24) is 19.4 Å². The molecule has 31 heavy (non-hydrogen) atoms. The van der Waals surface area contributed by atoms with Crippen LogP contribution >= 0.6 is 0 Å². The number of aromatic nitrogens is 3. The Hall–Kier alpha value is -2.33. The van der Waals surface area contributed by atoms with Crippen molar-refractivity contribution >= 4 is 5.82 Å². The largest absolute Gasteiger partial charge is 0.573 e. The molecule has 4 aliphatic rings. The number of nitrogen functional groups attached to an aromatic ring is 1. The Bertz CT molecular complexity index is 989. The van der Waals surface area contributed by atoms with Crippen LogP contribution in [-0.4, -0.2) is 58.1 Å². The fraction of sp³-hybridized carbons (Fsp3) is 0.619. The van der Waals surface area contributed by atoms with Crippen molar-refractivity contribution in [2.75, 3.05) is 32.0 Å². The second-order valence-electron chi connectivity index (χ2n) is 9.14. The predicted molar refractivity (Wildman–Crippen MR) is 105 cm³/mol. The molecule has 0 spiro atoms. The number of hydrogen-bond acceptors (Lipinski definition) is 6. The zero-order valence-electron chi connectivity index (χ0n) is 16.9. The molecular weight excluding hydrogens is 411 g/mol. The third-order valence-corrected chi connectivity index (χ3v) is 7.27. The minimum Gasteiger partial charge on any atom is -0.402 e. The molecule has 0 amide bonds. The summed E-state index contributed by atoms with van der Waals surface area (Å²) in [6.07, 6.45) is 2.01. The number of hydrogen-bond donors (Lipinski definition) is 1. The number of nitrogens with zero attached hydrogens (tertiary/aromatic N) is 4. The van der Waals surface area contributed by atoms with Crippen molar-refractivity contribution in [3.05, 3.63) is 24.3 Å². The number of anilines is 1. The van der Waals surface area contributed by atoms with E-state index in [-0.39, 0.29) is 5.82 Å². The molecule has 0 radical (unpaired) electrons. The van der Waals surface area contributed by atoms with Gasteiger partial charge in [-0.15, -0.1) is 13.2 Å². The molecule has 0 aromatic carbocycles. The van der Waals surface area contributed by atoms with Crippen LogP contribution in [0.4, 0.5) is 19.0 Å². The van der Waals surface area contributed by atoms with Crippen molar-refractivity contribution in [2.45, 2.75) is 43.6 Å². The van der Waals surface area contributed by atoms with Crippen LogP contribution in [0.1, 0.15) is 37.0 Å². The van der Waals surface area contributed by atoms with Gasteiger partial charge in [0.15, 0.2) is 11.6 Å². The highest BCUT2D eigenvalue weighted by Gasteiger charge is 2.58. The predicted octanol–water partition coefficient (Wildman–Crippen LogP) is 3.19. The summed E-state index contributed by atoms with van der Waals surface area (Å²) in [5, 5.41) is 0. The SMILES string of the molecule is Nc1ncc(-c2cn(C3[C@H]4CN(C5COC5)C[C@@H]34)c(C3CCC3)n2)cc1OC(F)(F)F. The topological polar surface area (TPSA) is 78.4 Å². The molecule has 7 nitrogen and oxygen atoms in total. The molecule has 10 heteroatoms. The Morgan fingerprint density at radius 2 is 1.90 bits per heavy atom. The number of imidazole rings is 1. The quantitative estimate of drug-likeness (QED) is 0.777. The highest BCUT2D eigenvalue weighted by Crippen LogP contribution is 2.57. The van der Waals surface area contributed by atoms with Crippen LogP contribution in [0.15, 0.2) is 18.5 Å². The van der Waals surface area contributed by atoms with Crippen molar-refractivity contribution in [1.29, 1.82) is 0 Å². The maximum atomic E-state index is 12.7. The fourth-order valence-corrected chi connectivity index (χ4v) is 5.23. The maximum Gasteiger partial charge on any atom is 0.573 e. The number of ether oxygens (including phenoxy) is 2. The molecule has 1 unspecified atom stereocenters. The first-order chi connectivity index (χ1) is 14.9. The van der Waals surface area contributed by atoms with Crippen LogP contribution in [0, 0.1) is 11.8 Å². The van der Waals surface area contributed by atoms with Crippen LogP contribution in [-0.2, 0) is 4.74 Å². The van der Waals surface area contributed by atoms with E-state index in [1.165, 1.54) is 18.7 Å². The number of fused-ring (bicyclic) bond motifs is 1. The summed E-state index contributed by atoms with van der Waals surface area (Å²) in [5.74, 6) is 1.89. The fourth-order valence-electron chi connectivity index (χ4n) is 5.23.